The van der Waals surface area contributed by atoms with Gasteiger partial charge >= 0.3 is 89.2 Å². The number of methoxy groups -OCH3 is 2. The van der Waals surface area contributed by atoms with E-state index in [9.17, 15) is 0 Å². The Hall–Kier alpha value is 1.05. The molecule has 0 radical (unpaired) electrons. The second-order valence-corrected chi connectivity index (χ2v) is 38.0. The monoisotopic (exact) mass is 514 g/mol. The molecule has 0 aliphatic heterocycles. The first kappa shape index (κ1) is 18.0. The van der Waals surface area contributed by atoms with Crippen LogP contribution in [0.1, 0.15) is 5.56 Å². The molecule has 0 aliphatic carbocycles. The van der Waals surface area contributed by atoms with Gasteiger partial charge in [-0.05, 0) is 0 Å². The van der Waals surface area contributed by atoms with Crippen molar-refractivity contribution in [2.75, 3.05) is 27.4 Å². The molecular formula is C11H15Br3MoO2. The predicted octanol–water partition coefficient (Wildman–Crippen LogP) is 4.36. The van der Waals surface area contributed by atoms with E-state index < -0.39 is 9.23 Å². The summed E-state index contributed by atoms with van der Waals surface area (Å²) in [5, 5.41) is 0. The summed E-state index contributed by atoms with van der Waals surface area (Å²) in [6.45, 7) is 1.38. The summed E-state index contributed by atoms with van der Waals surface area (Å²) in [5.74, 6) is 0. The van der Waals surface area contributed by atoms with Crippen molar-refractivity contribution in [3.63, 3.8) is 0 Å². The normalized spacial score (nSPS) is 10.2. The fourth-order valence-corrected chi connectivity index (χ4v) is 5.12. The van der Waals surface area contributed by atoms with Gasteiger partial charge in [-0.2, -0.15) is 0 Å². The first-order valence-electron chi connectivity index (χ1n) is 4.72. The van der Waals surface area contributed by atoms with Gasteiger partial charge in [0.2, 0.25) is 0 Å². The van der Waals surface area contributed by atoms with E-state index in [1.807, 2.05) is 30.3 Å². The first-order valence-corrected chi connectivity index (χ1v) is 19.5. The van der Waals surface area contributed by atoms with Crippen molar-refractivity contribution in [1.29, 1.82) is 0 Å². The van der Waals surface area contributed by atoms with Gasteiger partial charge in [0.05, 0.1) is 13.2 Å². The molecule has 0 saturated carbocycles. The maximum atomic E-state index is 4.66. The third-order valence-electron chi connectivity index (χ3n) is 1.50. The fourth-order valence-electron chi connectivity index (χ4n) is 0.806. The Bertz CT molecular complexity index is 385. The summed E-state index contributed by atoms with van der Waals surface area (Å²) in [5.41, 5.74) is 1.12. The Kier molecular flexibility index (Phi) is 11.6. The second kappa shape index (κ2) is 10.9. The average molecular weight is 515 g/mol. The molecule has 98 valence electrons. The summed E-state index contributed by atoms with van der Waals surface area (Å²) in [7, 11) is 1.11. The number of ether oxygens (including phenoxy) is 2. The minimum atomic E-state index is -2.19. The molecule has 0 spiro atoms. The topological polar surface area (TPSA) is 18.5 Å². The molecule has 0 saturated heterocycles. The molecule has 0 aliphatic rings. The van der Waals surface area contributed by atoms with Gasteiger partial charge in [0, 0.05) is 14.2 Å². The van der Waals surface area contributed by atoms with Crippen LogP contribution in [0.15, 0.2) is 30.3 Å². The summed E-state index contributed by atoms with van der Waals surface area (Å²) >= 11 is 10.6. The Labute approximate surface area is 125 Å². The Morgan fingerprint density at radius 1 is 1.00 bits per heavy atom. The molecule has 0 amide bonds. The number of halogens is 3. The molecule has 0 atom stereocenters. The van der Waals surface area contributed by atoms with Crippen molar-refractivity contribution in [2.45, 2.75) is 0 Å². The van der Waals surface area contributed by atoms with E-state index in [2.05, 4.69) is 53.6 Å². The molecule has 0 heterocycles. The van der Waals surface area contributed by atoms with Crippen molar-refractivity contribution >= 4 is 39.9 Å². The van der Waals surface area contributed by atoms with E-state index >= 15 is 0 Å². The molecule has 0 bridgehead atoms. The van der Waals surface area contributed by atoms with Crippen LogP contribution in [0, 0.1) is 4.20 Å². The Balaban J connectivity index is 0.000000366. The zero-order chi connectivity index (χ0) is 13.1. The number of benzene rings is 1. The Morgan fingerprint density at radius 2 is 1.47 bits per heavy atom. The first-order chi connectivity index (χ1) is 7.99. The minimum absolute atomic E-state index is 0.691. The number of hydrogen-bond acceptors (Lipinski definition) is 2. The zero-order valence-corrected chi connectivity index (χ0v) is 16.4. The summed E-state index contributed by atoms with van der Waals surface area (Å²) < 4.78 is 12.6. The third kappa shape index (κ3) is 13.3. The van der Waals surface area contributed by atoms with Crippen molar-refractivity contribution in [3.05, 3.63) is 35.9 Å². The van der Waals surface area contributed by atoms with Crippen LogP contribution in [-0.2, 0) is 18.7 Å². The van der Waals surface area contributed by atoms with Crippen LogP contribution in [0.25, 0.3) is 0 Å². The van der Waals surface area contributed by atoms with Gasteiger partial charge in [0.15, 0.2) is 0 Å². The van der Waals surface area contributed by atoms with Crippen molar-refractivity contribution < 1.29 is 18.7 Å². The van der Waals surface area contributed by atoms with Crippen LogP contribution in [0.2, 0.25) is 0 Å². The standard InChI is InChI=1S/C7H5.C4H10O2.3BrH.Mo/c1-7-5-3-2-4-6-7;1-5-3-4-6-2;;;;/h2-6H;3-4H2,1-2H3;3*1H;/q;;;;;+3/p-3. The summed E-state index contributed by atoms with van der Waals surface area (Å²) in [6, 6.07) is 10.1. The quantitative estimate of drug-likeness (QED) is 0.441. The second-order valence-electron chi connectivity index (χ2n) is 2.86. The van der Waals surface area contributed by atoms with Crippen LogP contribution in [0.5, 0.6) is 0 Å². The third-order valence-corrected chi connectivity index (χ3v) is 5.52. The van der Waals surface area contributed by atoms with Gasteiger partial charge in [0.1, 0.15) is 0 Å². The summed E-state index contributed by atoms with van der Waals surface area (Å²) in [4.78, 5) is 0. The molecule has 6 heteroatoms. The SMILES string of the molecule is COCCOC.[Br][Mo]([Br])([Br])#[C]c1ccccc1. The van der Waals surface area contributed by atoms with E-state index in [1.54, 1.807) is 14.2 Å². The van der Waals surface area contributed by atoms with E-state index in [0.29, 0.717) is 13.2 Å². The van der Waals surface area contributed by atoms with Gasteiger partial charge in [-0.1, -0.05) is 0 Å². The molecule has 0 fully saturated rings. The summed E-state index contributed by atoms with van der Waals surface area (Å²) in [6.07, 6.45) is 0. The van der Waals surface area contributed by atoms with Crippen LogP contribution in [0.4, 0.5) is 0 Å². The molecule has 0 aromatic heterocycles. The van der Waals surface area contributed by atoms with E-state index in [1.165, 1.54) is 0 Å². The molecule has 0 unspecified atom stereocenters. The fraction of sp³-hybridized carbons (Fsp3) is 0.364. The van der Waals surface area contributed by atoms with Gasteiger partial charge in [-0.3, -0.25) is 0 Å². The molecule has 2 nitrogen and oxygen atoms in total. The predicted molar refractivity (Wildman–Crippen MR) is 80.0 cm³/mol. The van der Waals surface area contributed by atoms with Gasteiger partial charge in [-0.25, -0.2) is 0 Å². The van der Waals surface area contributed by atoms with Crippen molar-refractivity contribution in [1.82, 2.24) is 0 Å². The number of rotatable bonds is 3. The maximum absolute atomic E-state index is 4.66. The number of hydrogen-bond donors (Lipinski definition) is 0. The van der Waals surface area contributed by atoms with E-state index in [0.717, 1.165) is 5.56 Å². The van der Waals surface area contributed by atoms with Crippen molar-refractivity contribution in [2.24, 2.45) is 0 Å². The zero-order valence-electron chi connectivity index (χ0n) is 9.66. The van der Waals surface area contributed by atoms with Crippen LogP contribution >= 0.6 is 39.9 Å². The van der Waals surface area contributed by atoms with Gasteiger partial charge in [-0.15, -0.1) is 0 Å². The molecule has 1 rings (SSSR count). The average Bonchev–Trinajstić information content (AvgIpc) is 2.26. The molecule has 17 heavy (non-hydrogen) atoms. The molecule has 1 aromatic carbocycles. The Morgan fingerprint density at radius 3 is 1.82 bits per heavy atom. The molecular weight excluding hydrogens is 500 g/mol. The van der Waals surface area contributed by atoms with E-state index in [4.69, 9.17) is 0 Å². The molecule has 1 aromatic rings. The van der Waals surface area contributed by atoms with Crippen LogP contribution < -0.4 is 0 Å². The van der Waals surface area contributed by atoms with Gasteiger partial charge in [0.25, 0.3) is 0 Å². The van der Waals surface area contributed by atoms with Crippen LogP contribution in [-0.4, -0.2) is 27.4 Å². The van der Waals surface area contributed by atoms with E-state index in [-0.39, 0.29) is 0 Å². The van der Waals surface area contributed by atoms with Gasteiger partial charge < -0.3 is 9.47 Å². The van der Waals surface area contributed by atoms with Crippen molar-refractivity contribution in [3.8, 4) is 4.20 Å². The molecule has 0 N–H and O–H groups in total. The van der Waals surface area contributed by atoms with Crippen LogP contribution in [0.3, 0.4) is 0 Å².